The van der Waals surface area contributed by atoms with E-state index in [0.717, 1.165) is 11.1 Å². The third kappa shape index (κ3) is 3.99. The van der Waals surface area contributed by atoms with Gasteiger partial charge in [0, 0.05) is 24.3 Å². The summed E-state index contributed by atoms with van der Waals surface area (Å²) in [5.74, 6) is 0.221. The predicted molar refractivity (Wildman–Crippen MR) is 98.4 cm³/mol. The minimum atomic E-state index is -3.79. The summed E-state index contributed by atoms with van der Waals surface area (Å²) in [6.45, 7) is 9.09. The highest BCUT2D eigenvalue weighted by molar-refractivity contribution is 7.92. The van der Waals surface area contributed by atoms with Gasteiger partial charge in [0.1, 0.15) is 0 Å². The molecule has 0 aliphatic heterocycles. The van der Waals surface area contributed by atoms with E-state index in [-0.39, 0.29) is 11.0 Å². The third-order valence-corrected chi connectivity index (χ3v) is 4.52. The highest BCUT2D eigenvalue weighted by Crippen LogP contribution is 2.19. The molecule has 1 N–H and O–H groups in total. The monoisotopic (exact) mass is 344 g/mol. The number of aliphatic imine (C=N–C) groups is 2. The molecule has 0 saturated heterocycles. The van der Waals surface area contributed by atoms with Crippen molar-refractivity contribution in [2.24, 2.45) is 9.98 Å². The van der Waals surface area contributed by atoms with Crippen LogP contribution in [0.5, 0.6) is 0 Å². The summed E-state index contributed by atoms with van der Waals surface area (Å²) in [5.41, 5.74) is 2.47. The van der Waals surface area contributed by atoms with Crippen LogP contribution in [0.2, 0.25) is 0 Å². The molecule has 2 aromatic rings. The second kappa shape index (κ2) is 7.27. The smallest absolute Gasteiger partial charge is 0.278 e. The minimum absolute atomic E-state index is 0.0489. The van der Waals surface area contributed by atoms with Crippen molar-refractivity contribution >= 4 is 27.9 Å². The zero-order valence-electron chi connectivity index (χ0n) is 13.9. The number of sulfonamides is 1. The maximum atomic E-state index is 12.8. The molecule has 0 atom stereocenters. The molecule has 2 rings (SSSR count). The van der Waals surface area contributed by atoms with E-state index in [1.165, 1.54) is 23.0 Å². The van der Waals surface area contributed by atoms with Gasteiger partial charge in [0.15, 0.2) is 5.03 Å². The van der Waals surface area contributed by atoms with Gasteiger partial charge in [-0.3, -0.25) is 9.29 Å². The van der Waals surface area contributed by atoms with Crippen molar-refractivity contribution in [2.45, 2.75) is 25.8 Å². The normalized spacial score (nSPS) is 12.5. The van der Waals surface area contributed by atoms with E-state index in [1.54, 1.807) is 31.3 Å². The van der Waals surface area contributed by atoms with E-state index in [2.05, 4.69) is 21.3 Å². The molecule has 0 unspecified atom stereocenters. The first-order chi connectivity index (χ1) is 11.4. The summed E-state index contributed by atoms with van der Waals surface area (Å²) in [6.07, 6.45) is 4.44. The Hall–Kier alpha value is -2.67. The van der Waals surface area contributed by atoms with Crippen LogP contribution in [0.25, 0.3) is 0 Å². The number of hydrogen-bond donors (Lipinski definition) is 1. The Labute approximate surface area is 142 Å². The summed E-state index contributed by atoms with van der Waals surface area (Å²) >= 11 is 0. The maximum absolute atomic E-state index is 12.8. The molecule has 0 radical (unpaired) electrons. The number of nitrogens with zero attached hydrogens (tertiary/aromatic N) is 3. The minimum Gasteiger partial charge on any atom is -0.278 e. The van der Waals surface area contributed by atoms with Gasteiger partial charge in [-0.1, -0.05) is 12.6 Å². The Kier molecular flexibility index (Phi) is 5.35. The van der Waals surface area contributed by atoms with Crippen LogP contribution in [0.1, 0.15) is 18.1 Å². The van der Waals surface area contributed by atoms with Crippen LogP contribution in [0, 0.1) is 13.8 Å². The Balaban J connectivity index is 2.46. The Bertz CT molecular complexity index is 888. The van der Waals surface area contributed by atoms with Gasteiger partial charge in [0.05, 0.1) is 0 Å². The van der Waals surface area contributed by atoms with Gasteiger partial charge in [0.2, 0.25) is 5.96 Å². The molecule has 0 amide bonds. The summed E-state index contributed by atoms with van der Waals surface area (Å²) < 4.78 is 29.5. The third-order valence-electron chi connectivity index (χ3n) is 3.13. The zero-order valence-corrected chi connectivity index (χ0v) is 14.7. The van der Waals surface area contributed by atoms with Gasteiger partial charge in [-0.05, 0) is 56.2 Å². The van der Waals surface area contributed by atoms with Crippen molar-refractivity contribution in [1.29, 1.82) is 0 Å². The standard InChI is InChI=1S/C17H20N4O2S/c1-5-18-17(19-6-2)21-9-7-8-16(21)24(22,23)20-15-11-13(3)10-14(4)12-15/h5-12,20H,1H2,2-4H3/b18-17+,19-6-. The summed E-state index contributed by atoms with van der Waals surface area (Å²) in [6, 6.07) is 8.65. The molecule has 0 aliphatic rings. The number of anilines is 1. The summed E-state index contributed by atoms with van der Waals surface area (Å²) in [7, 11) is -3.79. The van der Waals surface area contributed by atoms with Crippen LogP contribution in [-0.4, -0.2) is 25.2 Å². The first-order valence-corrected chi connectivity index (χ1v) is 8.82. The van der Waals surface area contributed by atoms with Crippen LogP contribution in [0.3, 0.4) is 0 Å². The lowest BCUT2D eigenvalue weighted by Gasteiger charge is -2.12. The highest BCUT2D eigenvalue weighted by atomic mass is 32.2. The molecular weight excluding hydrogens is 324 g/mol. The summed E-state index contributed by atoms with van der Waals surface area (Å²) in [4.78, 5) is 8.11. The largest absolute Gasteiger partial charge is 0.278 e. The lowest BCUT2D eigenvalue weighted by Crippen LogP contribution is -2.20. The lowest BCUT2D eigenvalue weighted by atomic mass is 10.1. The van der Waals surface area contributed by atoms with Gasteiger partial charge < -0.3 is 0 Å². The number of nitrogens with one attached hydrogen (secondary N) is 1. The molecule has 1 heterocycles. The zero-order chi connectivity index (χ0) is 17.7. The average molecular weight is 344 g/mol. The maximum Gasteiger partial charge on any atom is 0.278 e. The SMILES string of the molecule is C=C/N=C(\N=C/C)n1cccc1S(=O)(=O)Nc1cc(C)cc(C)c1. The van der Waals surface area contributed by atoms with Crippen molar-refractivity contribution in [3.8, 4) is 0 Å². The fourth-order valence-corrected chi connectivity index (χ4v) is 3.54. The molecule has 1 aromatic carbocycles. The van der Waals surface area contributed by atoms with E-state index in [1.807, 2.05) is 19.9 Å². The highest BCUT2D eigenvalue weighted by Gasteiger charge is 2.20. The van der Waals surface area contributed by atoms with Crippen molar-refractivity contribution in [3.63, 3.8) is 0 Å². The molecule has 0 saturated carbocycles. The second-order valence-corrected chi connectivity index (χ2v) is 6.83. The van der Waals surface area contributed by atoms with Crippen molar-refractivity contribution in [2.75, 3.05) is 4.72 Å². The van der Waals surface area contributed by atoms with Crippen LogP contribution >= 0.6 is 0 Å². The summed E-state index contributed by atoms with van der Waals surface area (Å²) in [5, 5.41) is 0.0489. The Morgan fingerprint density at radius 3 is 2.50 bits per heavy atom. The fraction of sp³-hybridized carbons (Fsp3) is 0.176. The topological polar surface area (TPSA) is 75.8 Å². The van der Waals surface area contributed by atoms with Crippen LogP contribution < -0.4 is 4.72 Å². The quantitative estimate of drug-likeness (QED) is 0.682. The van der Waals surface area contributed by atoms with Gasteiger partial charge in [-0.15, -0.1) is 0 Å². The van der Waals surface area contributed by atoms with E-state index >= 15 is 0 Å². The molecule has 126 valence electrons. The lowest BCUT2D eigenvalue weighted by molar-refractivity contribution is 0.596. The number of aromatic nitrogens is 1. The number of benzene rings is 1. The molecular formula is C17H20N4O2S. The van der Waals surface area contributed by atoms with Gasteiger partial charge in [-0.2, -0.15) is 8.42 Å². The van der Waals surface area contributed by atoms with Gasteiger partial charge in [-0.25, -0.2) is 9.98 Å². The molecule has 0 fully saturated rings. The Morgan fingerprint density at radius 1 is 1.25 bits per heavy atom. The second-order valence-electron chi connectivity index (χ2n) is 5.20. The molecule has 0 aliphatic carbocycles. The van der Waals surface area contributed by atoms with Crippen molar-refractivity contribution in [1.82, 2.24) is 4.57 Å². The molecule has 0 bridgehead atoms. The van der Waals surface area contributed by atoms with Crippen LogP contribution in [0.4, 0.5) is 5.69 Å². The first kappa shape index (κ1) is 17.7. The van der Waals surface area contributed by atoms with Gasteiger partial charge in [0.25, 0.3) is 10.0 Å². The van der Waals surface area contributed by atoms with E-state index < -0.39 is 10.0 Å². The fourth-order valence-electron chi connectivity index (χ4n) is 2.35. The number of hydrogen-bond acceptors (Lipinski definition) is 3. The average Bonchev–Trinajstić information content (AvgIpc) is 2.95. The number of aryl methyl sites for hydroxylation is 2. The Morgan fingerprint density at radius 2 is 1.92 bits per heavy atom. The number of rotatable bonds is 4. The van der Waals surface area contributed by atoms with Crippen molar-refractivity contribution in [3.05, 3.63) is 60.4 Å². The predicted octanol–water partition coefficient (Wildman–Crippen LogP) is 3.34. The molecule has 7 heteroatoms. The molecule has 0 spiro atoms. The molecule has 6 nitrogen and oxygen atoms in total. The van der Waals surface area contributed by atoms with Crippen LogP contribution in [0.15, 0.2) is 64.3 Å². The molecule has 24 heavy (non-hydrogen) atoms. The van der Waals surface area contributed by atoms with Gasteiger partial charge >= 0.3 is 0 Å². The van der Waals surface area contributed by atoms with E-state index in [4.69, 9.17) is 0 Å². The van der Waals surface area contributed by atoms with Crippen LogP contribution in [-0.2, 0) is 10.0 Å². The van der Waals surface area contributed by atoms with E-state index in [0.29, 0.717) is 5.69 Å². The first-order valence-electron chi connectivity index (χ1n) is 7.33. The van der Waals surface area contributed by atoms with E-state index in [9.17, 15) is 8.42 Å². The van der Waals surface area contributed by atoms with Crippen molar-refractivity contribution < 1.29 is 8.42 Å². The molecule has 1 aromatic heterocycles.